The van der Waals surface area contributed by atoms with E-state index in [1.165, 1.54) is 37.9 Å². The number of nitrogens with zero attached hydrogens (tertiary/aromatic N) is 2. The van der Waals surface area contributed by atoms with Crippen molar-refractivity contribution < 1.29 is 9.80 Å². The Morgan fingerprint density at radius 3 is 1.64 bits per heavy atom. The van der Waals surface area contributed by atoms with Gasteiger partial charge in [0.15, 0.2) is 11.7 Å². The summed E-state index contributed by atoms with van der Waals surface area (Å²) in [7, 11) is 0. The zero-order chi connectivity index (χ0) is 9.97. The molecule has 4 heteroatoms. The minimum Gasteiger partial charge on any atom is -0.284 e. The highest BCUT2D eigenvalue weighted by atomic mass is 15.3. The minimum atomic E-state index is 1.02. The maximum Gasteiger partial charge on any atom is 0.193 e. The van der Waals surface area contributed by atoms with Crippen LogP contribution in [0.15, 0.2) is 9.98 Å². The standard InChI is InChI=1S/C10H18N4/c1-9-11-3-5-13(9)7-8-14-6-4-12-10(14)2/h3-8H2,1-2H3/p+2. The van der Waals surface area contributed by atoms with Gasteiger partial charge >= 0.3 is 0 Å². The van der Waals surface area contributed by atoms with Gasteiger partial charge < -0.3 is 0 Å². The molecule has 0 bridgehead atoms. The number of aliphatic imine (C=N–C) groups is 2. The van der Waals surface area contributed by atoms with Crippen LogP contribution < -0.4 is 9.80 Å². The number of amidine groups is 2. The third kappa shape index (κ3) is 2.01. The Hall–Kier alpha value is -0.740. The zero-order valence-electron chi connectivity index (χ0n) is 9.14. The molecule has 14 heavy (non-hydrogen) atoms. The van der Waals surface area contributed by atoms with Crippen LogP contribution in [-0.2, 0) is 0 Å². The smallest absolute Gasteiger partial charge is 0.193 e. The van der Waals surface area contributed by atoms with Gasteiger partial charge in [-0.1, -0.05) is 0 Å². The van der Waals surface area contributed by atoms with Gasteiger partial charge in [-0.05, 0) is 0 Å². The first-order chi connectivity index (χ1) is 6.77. The number of quaternary nitrogens is 2. The van der Waals surface area contributed by atoms with Crippen molar-refractivity contribution in [2.45, 2.75) is 13.8 Å². The maximum atomic E-state index is 4.42. The second-order valence-corrected chi connectivity index (χ2v) is 4.14. The van der Waals surface area contributed by atoms with Crippen molar-refractivity contribution >= 4 is 11.7 Å². The molecule has 0 amide bonds. The largest absolute Gasteiger partial charge is 0.284 e. The van der Waals surface area contributed by atoms with Gasteiger partial charge in [-0.25, -0.2) is 9.98 Å². The molecule has 2 unspecified atom stereocenters. The van der Waals surface area contributed by atoms with Gasteiger partial charge in [-0.2, -0.15) is 0 Å². The summed E-state index contributed by atoms with van der Waals surface area (Å²) in [6.07, 6.45) is 0. The lowest BCUT2D eigenvalue weighted by molar-refractivity contribution is -0.862. The Balaban J connectivity index is 1.77. The van der Waals surface area contributed by atoms with E-state index in [0.717, 1.165) is 13.1 Å². The zero-order valence-corrected chi connectivity index (χ0v) is 9.14. The van der Waals surface area contributed by atoms with E-state index in [9.17, 15) is 0 Å². The van der Waals surface area contributed by atoms with Crippen LogP contribution in [0.5, 0.6) is 0 Å². The lowest BCUT2D eigenvalue weighted by Crippen LogP contribution is -3.21. The summed E-state index contributed by atoms with van der Waals surface area (Å²) in [6, 6.07) is 0. The van der Waals surface area contributed by atoms with Gasteiger partial charge in [0, 0.05) is 13.8 Å². The second kappa shape index (κ2) is 4.19. The van der Waals surface area contributed by atoms with Gasteiger partial charge in [-0.15, -0.1) is 0 Å². The first kappa shape index (κ1) is 9.80. The molecule has 2 aliphatic heterocycles. The average molecular weight is 196 g/mol. The minimum absolute atomic E-state index is 1.02. The Labute approximate surface area is 85.3 Å². The van der Waals surface area contributed by atoms with E-state index in [-0.39, 0.29) is 0 Å². The van der Waals surface area contributed by atoms with Crippen LogP contribution in [0.2, 0.25) is 0 Å². The molecular formula is C10H20N4+2. The summed E-state index contributed by atoms with van der Waals surface area (Å²) in [5, 5.41) is 0. The summed E-state index contributed by atoms with van der Waals surface area (Å²) in [4.78, 5) is 12.0. The molecule has 0 aromatic rings. The molecule has 0 aromatic carbocycles. The van der Waals surface area contributed by atoms with Crippen LogP contribution in [0.1, 0.15) is 13.8 Å². The van der Waals surface area contributed by atoms with E-state index in [1.54, 1.807) is 9.80 Å². The van der Waals surface area contributed by atoms with Crippen LogP contribution in [0.4, 0.5) is 0 Å². The highest BCUT2D eigenvalue weighted by Gasteiger charge is 2.23. The highest BCUT2D eigenvalue weighted by molar-refractivity contribution is 5.72. The normalized spacial score (nSPS) is 31.9. The molecule has 2 rings (SSSR count). The predicted octanol–water partition coefficient (Wildman–Crippen LogP) is -2.38. The third-order valence-corrected chi connectivity index (χ3v) is 3.28. The first-order valence-corrected chi connectivity index (χ1v) is 5.49. The van der Waals surface area contributed by atoms with Crippen LogP contribution in [0, 0.1) is 0 Å². The van der Waals surface area contributed by atoms with Crippen LogP contribution >= 0.6 is 0 Å². The van der Waals surface area contributed by atoms with Crippen molar-refractivity contribution in [1.82, 2.24) is 0 Å². The average Bonchev–Trinajstić information content (AvgIpc) is 2.72. The molecule has 2 heterocycles. The topological polar surface area (TPSA) is 33.6 Å². The van der Waals surface area contributed by atoms with Crippen molar-refractivity contribution in [3.05, 3.63) is 0 Å². The molecule has 78 valence electrons. The van der Waals surface area contributed by atoms with Crippen molar-refractivity contribution in [3.8, 4) is 0 Å². The molecule has 0 fully saturated rings. The lowest BCUT2D eigenvalue weighted by Gasteiger charge is -2.15. The van der Waals surface area contributed by atoms with E-state index >= 15 is 0 Å². The molecule has 0 saturated carbocycles. The maximum absolute atomic E-state index is 4.42. The third-order valence-electron chi connectivity index (χ3n) is 3.28. The number of hydrogen-bond acceptors (Lipinski definition) is 2. The Kier molecular flexibility index (Phi) is 2.93. The molecular weight excluding hydrogens is 176 g/mol. The quantitative estimate of drug-likeness (QED) is 0.505. The van der Waals surface area contributed by atoms with Gasteiger partial charge in [-0.3, -0.25) is 9.80 Å². The van der Waals surface area contributed by atoms with E-state index in [0.29, 0.717) is 0 Å². The van der Waals surface area contributed by atoms with E-state index < -0.39 is 0 Å². The van der Waals surface area contributed by atoms with Gasteiger partial charge in [0.25, 0.3) is 0 Å². The molecule has 4 nitrogen and oxygen atoms in total. The van der Waals surface area contributed by atoms with Gasteiger partial charge in [0.05, 0.1) is 13.1 Å². The van der Waals surface area contributed by atoms with E-state index in [2.05, 4.69) is 23.8 Å². The molecule has 0 spiro atoms. The van der Waals surface area contributed by atoms with Crippen molar-refractivity contribution in [2.24, 2.45) is 9.98 Å². The fourth-order valence-electron chi connectivity index (χ4n) is 2.22. The number of rotatable bonds is 3. The summed E-state index contributed by atoms with van der Waals surface area (Å²) in [5.74, 6) is 2.58. The Bertz CT molecular complexity index is 241. The summed E-state index contributed by atoms with van der Waals surface area (Å²) in [5.41, 5.74) is 0. The second-order valence-electron chi connectivity index (χ2n) is 4.14. The van der Waals surface area contributed by atoms with Crippen molar-refractivity contribution in [3.63, 3.8) is 0 Å². The van der Waals surface area contributed by atoms with Gasteiger partial charge in [0.1, 0.15) is 26.2 Å². The molecule has 0 aromatic heterocycles. The van der Waals surface area contributed by atoms with Crippen LogP contribution in [-0.4, -0.2) is 50.9 Å². The Morgan fingerprint density at radius 1 is 0.929 bits per heavy atom. The summed E-state index contributed by atoms with van der Waals surface area (Å²) >= 11 is 0. The molecule has 2 N–H and O–H groups in total. The summed E-state index contributed by atoms with van der Waals surface area (Å²) < 4.78 is 0. The fraction of sp³-hybridized carbons (Fsp3) is 0.800. The SMILES string of the molecule is CC1=NCC[NH+]1CC[NH+]1CCN=C1C. The molecule has 2 aliphatic rings. The monoisotopic (exact) mass is 196 g/mol. The molecule has 2 atom stereocenters. The first-order valence-electron chi connectivity index (χ1n) is 5.49. The fourth-order valence-corrected chi connectivity index (χ4v) is 2.22. The number of hydrogen-bond donors (Lipinski definition) is 2. The van der Waals surface area contributed by atoms with Crippen LogP contribution in [0.25, 0.3) is 0 Å². The van der Waals surface area contributed by atoms with E-state index in [4.69, 9.17) is 0 Å². The predicted molar refractivity (Wildman–Crippen MR) is 57.3 cm³/mol. The van der Waals surface area contributed by atoms with Crippen molar-refractivity contribution in [2.75, 3.05) is 39.3 Å². The molecule has 0 saturated heterocycles. The molecule has 0 aliphatic carbocycles. The lowest BCUT2D eigenvalue weighted by atomic mass is 10.4. The van der Waals surface area contributed by atoms with E-state index in [1.807, 2.05) is 0 Å². The van der Waals surface area contributed by atoms with Gasteiger partial charge in [0.2, 0.25) is 0 Å². The number of nitrogens with one attached hydrogen (secondary N) is 2. The Morgan fingerprint density at radius 2 is 1.36 bits per heavy atom. The molecule has 0 radical (unpaired) electrons. The van der Waals surface area contributed by atoms with Crippen LogP contribution in [0.3, 0.4) is 0 Å². The highest BCUT2D eigenvalue weighted by Crippen LogP contribution is 1.78. The van der Waals surface area contributed by atoms with Crippen molar-refractivity contribution in [1.29, 1.82) is 0 Å². The summed E-state index contributed by atoms with van der Waals surface area (Å²) in [6.45, 7) is 11.1.